The van der Waals surface area contributed by atoms with Crippen molar-refractivity contribution in [1.82, 2.24) is 9.80 Å². The molecule has 1 aliphatic heterocycles. The summed E-state index contributed by atoms with van der Waals surface area (Å²) in [4.78, 5) is 28.1. The highest BCUT2D eigenvalue weighted by Crippen LogP contribution is 2.48. The SMILES string of the molecule is O=C(O)[C@@H]1[C@@H](C(=O)N2CCN(CCO)CC2)[C@@H]2C=C[C@@H]1C2. The van der Waals surface area contributed by atoms with E-state index in [1.54, 1.807) is 0 Å². The fourth-order valence-corrected chi connectivity index (χ4v) is 4.04. The second kappa shape index (κ2) is 5.77. The first-order valence-corrected chi connectivity index (χ1v) is 7.65. The van der Waals surface area contributed by atoms with Crippen LogP contribution in [0.15, 0.2) is 12.2 Å². The molecule has 1 heterocycles. The van der Waals surface area contributed by atoms with E-state index >= 15 is 0 Å². The molecule has 0 radical (unpaired) electrons. The van der Waals surface area contributed by atoms with Crippen LogP contribution in [0, 0.1) is 23.7 Å². The molecular weight excluding hydrogens is 272 g/mol. The molecule has 0 unspecified atom stereocenters. The van der Waals surface area contributed by atoms with Gasteiger partial charge in [-0.25, -0.2) is 0 Å². The molecule has 3 rings (SSSR count). The summed E-state index contributed by atoms with van der Waals surface area (Å²) >= 11 is 0. The van der Waals surface area contributed by atoms with Crippen LogP contribution >= 0.6 is 0 Å². The summed E-state index contributed by atoms with van der Waals surface area (Å²) in [5, 5.41) is 18.4. The number of carboxylic acids is 1. The Labute approximate surface area is 124 Å². The molecule has 2 aliphatic carbocycles. The number of piperazine rings is 1. The fraction of sp³-hybridized carbons (Fsp3) is 0.733. The van der Waals surface area contributed by atoms with Gasteiger partial charge in [0.2, 0.25) is 5.91 Å². The van der Waals surface area contributed by atoms with E-state index < -0.39 is 11.9 Å². The van der Waals surface area contributed by atoms with E-state index in [1.165, 1.54) is 0 Å². The first kappa shape index (κ1) is 14.5. The van der Waals surface area contributed by atoms with Crippen molar-refractivity contribution in [2.75, 3.05) is 39.3 Å². The number of carbonyl (C=O) groups excluding carboxylic acids is 1. The maximum atomic E-state index is 12.7. The van der Waals surface area contributed by atoms with Crippen LogP contribution < -0.4 is 0 Å². The number of fused-ring (bicyclic) bond motifs is 2. The van der Waals surface area contributed by atoms with E-state index in [0.29, 0.717) is 19.6 Å². The van der Waals surface area contributed by atoms with Gasteiger partial charge in [0.1, 0.15) is 0 Å². The quantitative estimate of drug-likeness (QED) is 0.693. The van der Waals surface area contributed by atoms with Crippen LogP contribution in [0.1, 0.15) is 6.42 Å². The molecule has 2 bridgehead atoms. The van der Waals surface area contributed by atoms with Gasteiger partial charge in [-0.3, -0.25) is 14.5 Å². The topological polar surface area (TPSA) is 81.1 Å². The molecule has 1 saturated carbocycles. The van der Waals surface area contributed by atoms with Crippen LogP contribution in [0.2, 0.25) is 0 Å². The van der Waals surface area contributed by atoms with Gasteiger partial charge < -0.3 is 15.1 Å². The first-order valence-electron chi connectivity index (χ1n) is 7.65. The molecule has 1 saturated heterocycles. The Balaban J connectivity index is 1.66. The highest BCUT2D eigenvalue weighted by atomic mass is 16.4. The Morgan fingerprint density at radius 1 is 1.05 bits per heavy atom. The lowest BCUT2D eigenvalue weighted by Crippen LogP contribution is -2.52. The van der Waals surface area contributed by atoms with Gasteiger partial charge in [-0.15, -0.1) is 0 Å². The zero-order valence-corrected chi connectivity index (χ0v) is 12.0. The summed E-state index contributed by atoms with van der Waals surface area (Å²) < 4.78 is 0. The maximum Gasteiger partial charge on any atom is 0.307 e. The van der Waals surface area contributed by atoms with Crippen molar-refractivity contribution in [3.05, 3.63) is 12.2 Å². The smallest absolute Gasteiger partial charge is 0.307 e. The van der Waals surface area contributed by atoms with Gasteiger partial charge in [0.25, 0.3) is 0 Å². The summed E-state index contributed by atoms with van der Waals surface area (Å²) in [7, 11) is 0. The number of aliphatic hydroxyl groups is 1. The minimum absolute atomic E-state index is 0.00268. The minimum Gasteiger partial charge on any atom is -0.481 e. The van der Waals surface area contributed by atoms with Gasteiger partial charge >= 0.3 is 5.97 Å². The number of nitrogens with zero attached hydrogens (tertiary/aromatic N) is 2. The Bertz CT molecular complexity index is 457. The summed E-state index contributed by atoms with van der Waals surface area (Å²) in [6, 6.07) is 0. The Hall–Kier alpha value is -1.40. The van der Waals surface area contributed by atoms with Crippen molar-refractivity contribution in [2.24, 2.45) is 23.7 Å². The molecule has 3 aliphatic rings. The lowest BCUT2D eigenvalue weighted by atomic mass is 9.82. The Morgan fingerprint density at radius 2 is 1.67 bits per heavy atom. The van der Waals surface area contributed by atoms with Crippen LogP contribution in [-0.4, -0.2) is 71.2 Å². The summed E-state index contributed by atoms with van der Waals surface area (Å²) in [5.74, 6) is -1.66. The van der Waals surface area contributed by atoms with Gasteiger partial charge in [0, 0.05) is 32.7 Å². The van der Waals surface area contributed by atoms with E-state index in [9.17, 15) is 14.7 Å². The van der Waals surface area contributed by atoms with Gasteiger partial charge in [0.15, 0.2) is 0 Å². The minimum atomic E-state index is -0.843. The van der Waals surface area contributed by atoms with E-state index in [4.69, 9.17) is 5.11 Å². The third-order valence-electron chi connectivity index (χ3n) is 5.13. The molecule has 6 heteroatoms. The van der Waals surface area contributed by atoms with Crippen molar-refractivity contribution in [3.8, 4) is 0 Å². The highest BCUT2D eigenvalue weighted by molar-refractivity contribution is 5.87. The number of carbonyl (C=O) groups is 2. The normalized spacial score (nSPS) is 35.4. The predicted molar refractivity (Wildman–Crippen MR) is 75.5 cm³/mol. The summed E-state index contributed by atoms with van der Waals surface area (Å²) in [5.41, 5.74) is 0. The molecule has 0 aromatic heterocycles. The molecule has 116 valence electrons. The third-order valence-corrected chi connectivity index (χ3v) is 5.13. The van der Waals surface area contributed by atoms with Crippen LogP contribution in [0.25, 0.3) is 0 Å². The molecule has 2 fully saturated rings. The van der Waals surface area contributed by atoms with Crippen LogP contribution in [0.5, 0.6) is 0 Å². The number of rotatable bonds is 4. The molecule has 1 amide bonds. The van der Waals surface area contributed by atoms with E-state index in [0.717, 1.165) is 19.5 Å². The number of carboxylic acid groups (broad SMARTS) is 1. The third kappa shape index (κ3) is 2.58. The van der Waals surface area contributed by atoms with E-state index in [1.807, 2.05) is 17.1 Å². The molecule has 0 aromatic carbocycles. The number of aliphatic carboxylic acids is 1. The molecule has 4 atom stereocenters. The number of aliphatic hydroxyl groups excluding tert-OH is 1. The van der Waals surface area contributed by atoms with Crippen LogP contribution in [0.4, 0.5) is 0 Å². The highest BCUT2D eigenvalue weighted by Gasteiger charge is 2.52. The average molecular weight is 294 g/mol. The van der Waals surface area contributed by atoms with Crippen molar-refractivity contribution in [3.63, 3.8) is 0 Å². The standard InChI is InChI=1S/C15H22N2O4/c18-8-7-16-3-5-17(6-4-16)14(19)12-10-1-2-11(9-10)13(12)15(20)21/h1-2,10-13,18H,3-9H2,(H,20,21)/t10-,11-,12+,13+/m1/s1. The second-order valence-corrected chi connectivity index (χ2v) is 6.23. The van der Waals surface area contributed by atoms with E-state index in [-0.39, 0.29) is 30.3 Å². The van der Waals surface area contributed by atoms with Crippen molar-refractivity contribution < 1.29 is 19.8 Å². The lowest BCUT2D eigenvalue weighted by Gasteiger charge is -2.37. The first-order chi connectivity index (χ1) is 10.1. The molecule has 6 nitrogen and oxygen atoms in total. The predicted octanol–water partition coefficient (Wildman–Crippen LogP) is -0.354. The monoisotopic (exact) mass is 294 g/mol. The number of amides is 1. The maximum absolute atomic E-state index is 12.7. The number of β-amino-alcohol motifs (C(OH)–C–C–N with tert-alkyl or cyclic N) is 1. The zero-order valence-electron chi connectivity index (χ0n) is 12.0. The van der Waals surface area contributed by atoms with Gasteiger partial charge in [0.05, 0.1) is 18.4 Å². The zero-order chi connectivity index (χ0) is 15.0. The Kier molecular flexibility index (Phi) is 3.99. The molecule has 0 aromatic rings. The van der Waals surface area contributed by atoms with Crippen molar-refractivity contribution >= 4 is 11.9 Å². The number of allylic oxidation sites excluding steroid dienone is 2. The fourth-order valence-electron chi connectivity index (χ4n) is 4.04. The molecular formula is C15H22N2O4. The number of hydrogen-bond acceptors (Lipinski definition) is 4. The largest absolute Gasteiger partial charge is 0.481 e. The van der Waals surface area contributed by atoms with Gasteiger partial charge in [-0.2, -0.15) is 0 Å². The number of hydrogen-bond donors (Lipinski definition) is 2. The molecule has 0 spiro atoms. The van der Waals surface area contributed by atoms with Crippen LogP contribution in [0.3, 0.4) is 0 Å². The van der Waals surface area contributed by atoms with Crippen molar-refractivity contribution in [2.45, 2.75) is 6.42 Å². The summed E-state index contributed by atoms with van der Waals surface area (Å²) in [6.45, 7) is 3.52. The Morgan fingerprint density at radius 3 is 2.24 bits per heavy atom. The lowest BCUT2D eigenvalue weighted by molar-refractivity contribution is -0.151. The van der Waals surface area contributed by atoms with Gasteiger partial charge in [-0.1, -0.05) is 12.2 Å². The van der Waals surface area contributed by atoms with Gasteiger partial charge in [-0.05, 0) is 18.3 Å². The summed E-state index contributed by atoms with van der Waals surface area (Å²) in [6.07, 6.45) is 4.79. The molecule has 21 heavy (non-hydrogen) atoms. The molecule has 2 N–H and O–H groups in total. The second-order valence-electron chi connectivity index (χ2n) is 6.23. The average Bonchev–Trinajstić information content (AvgIpc) is 3.08. The van der Waals surface area contributed by atoms with E-state index in [2.05, 4.69) is 4.90 Å². The van der Waals surface area contributed by atoms with Crippen molar-refractivity contribution in [1.29, 1.82) is 0 Å². The van der Waals surface area contributed by atoms with Crippen LogP contribution in [-0.2, 0) is 9.59 Å².